The Hall–Kier alpha value is -3.39. The van der Waals surface area contributed by atoms with Gasteiger partial charge < -0.3 is 19.6 Å². The minimum Gasteiger partial charge on any atom is -0.507 e. The Labute approximate surface area is 180 Å². The van der Waals surface area contributed by atoms with Crippen molar-refractivity contribution < 1.29 is 19.4 Å². The van der Waals surface area contributed by atoms with E-state index in [2.05, 4.69) is 15.1 Å². The molecule has 162 valence electrons. The first-order chi connectivity index (χ1) is 14.9. The summed E-state index contributed by atoms with van der Waals surface area (Å²) in [6.45, 7) is 4.06. The van der Waals surface area contributed by atoms with Gasteiger partial charge in [-0.25, -0.2) is 0 Å². The van der Waals surface area contributed by atoms with Crippen LogP contribution in [0.2, 0.25) is 0 Å². The molecule has 0 saturated heterocycles. The predicted octanol–water partition coefficient (Wildman–Crippen LogP) is 2.96. The Balaban J connectivity index is 1.55. The maximum absolute atomic E-state index is 13.2. The molecule has 1 aliphatic heterocycles. The Kier molecular flexibility index (Phi) is 5.65. The molecule has 0 fully saturated rings. The van der Waals surface area contributed by atoms with Gasteiger partial charge in [0.2, 0.25) is 0 Å². The van der Waals surface area contributed by atoms with Crippen LogP contribution in [0.3, 0.4) is 0 Å². The summed E-state index contributed by atoms with van der Waals surface area (Å²) in [6, 6.07) is 8.86. The van der Waals surface area contributed by atoms with Crippen LogP contribution in [0.5, 0.6) is 11.5 Å². The summed E-state index contributed by atoms with van der Waals surface area (Å²) in [5, 5.41) is 17.8. The lowest BCUT2D eigenvalue weighted by Gasteiger charge is -2.16. The lowest BCUT2D eigenvalue weighted by atomic mass is 10.1. The molecule has 0 radical (unpaired) electrons. The average Bonchev–Trinajstić information content (AvgIpc) is 3.35. The molecule has 0 spiro atoms. The van der Waals surface area contributed by atoms with Crippen LogP contribution in [-0.2, 0) is 13.1 Å². The highest BCUT2D eigenvalue weighted by Gasteiger charge is 2.27. The van der Waals surface area contributed by atoms with E-state index in [1.807, 2.05) is 32.3 Å². The third kappa shape index (κ3) is 4.11. The number of nitrogens with zero attached hydrogens (tertiary/aromatic N) is 3. The second kappa shape index (κ2) is 8.39. The number of H-pyrrole nitrogens is 1. The summed E-state index contributed by atoms with van der Waals surface area (Å²) >= 11 is 0. The van der Waals surface area contributed by atoms with E-state index >= 15 is 0 Å². The van der Waals surface area contributed by atoms with Crippen LogP contribution in [-0.4, -0.2) is 64.0 Å². The summed E-state index contributed by atoms with van der Waals surface area (Å²) in [5.74, 6) is 0.230. The molecule has 0 unspecified atom stereocenters. The number of benzene rings is 2. The molecule has 8 nitrogen and oxygen atoms in total. The number of Topliss-reactive ketones (excluding diaryl/α,β-unsaturated/α-hetero) is 1. The molecular weight excluding hydrogens is 396 g/mol. The molecule has 2 N–H and O–H groups in total. The molecule has 31 heavy (non-hydrogen) atoms. The number of carbonyl (C=O) groups excluding carboxylic acids is 2. The van der Waals surface area contributed by atoms with Crippen LogP contribution >= 0.6 is 0 Å². The maximum Gasteiger partial charge on any atom is 0.258 e. The number of ketones is 1. The van der Waals surface area contributed by atoms with Gasteiger partial charge in [0.1, 0.15) is 23.8 Å². The number of likely N-dealkylation sites (N-methyl/N-ethyl adjacent to an activating group) is 1. The molecule has 1 amide bonds. The fraction of sp³-hybridized carbons (Fsp3) is 0.348. The largest absolute Gasteiger partial charge is 0.507 e. The minimum atomic E-state index is -0.290. The topological polar surface area (TPSA) is 98.8 Å². The van der Waals surface area contributed by atoms with E-state index in [9.17, 15) is 14.7 Å². The van der Waals surface area contributed by atoms with Crippen LogP contribution in [0.15, 0.2) is 30.3 Å². The predicted molar refractivity (Wildman–Crippen MR) is 116 cm³/mol. The van der Waals surface area contributed by atoms with Gasteiger partial charge in [-0.15, -0.1) is 0 Å². The number of aromatic nitrogens is 2. The third-order valence-electron chi connectivity index (χ3n) is 5.49. The van der Waals surface area contributed by atoms with Crippen LogP contribution in [0, 0.1) is 0 Å². The van der Waals surface area contributed by atoms with Gasteiger partial charge in [0.05, 0.1) is 11.1 Å². The number of hydrogen-bond acceptors (Lipinski definition) is 6. The molecule has 1 aromatic heterocycles. The zero-order valence-corrected chi connectivity index (χ0v) is 17.9. The number of ether oxygens (including phenoxy) is 1. The first-order valence-electron chi connectivity index (χ1n) is 10.3. The molecule has 0 aliphatic carbocycles. The van der Waals surface area contributed by atoms with E-state index in [0.717, 1.165) is 23.4 Å². The zero-order valence-electron chi connectivity index (χ0n) is 17.9. The van der Waals surface area contributed by atoms with Crippen LogP contribution < -0.4 is 4.74 Å². The molecular formula is C23H26N4O4. The van der Waals surface area contributed by atoms with Gasteiger partial charge in [-0.2, -0.15) is 5.10 Å². The van der Waals surface area contributed by atoms with E-state index in [1.165, 1.54) is 6.07 Å². The van der Waals surface area contributed by atoms with E-state index in [-0.39, 0.29) is 28.7 Å². The molecule has 2 heterocycles. The quantitative estimate of drug-likeness (QED) is 0.568. The highest BCUT2D eigenvalue weighted by atomic mass is 16.5. The van der Waals surface area contributed by atoms with Crippen LogP contribution in [0.25, 0.3) is 10.9 Å². The van der Waals surface area contributed by atoms with Crippen molar-refractivity contribution >= 4 is 22.6 Å². The normalized spacial score (nSPS) is 13.1. The maximum atomic E-state index is 13.2. The van der Waals surface area contributed by atoms with Crippen molar-refractivity contribution in [3.8, 4) is 11.5 Å². The van der Waals surface area contributed by atoms with Crippen molar-refractivity contribution in [3.05, 3.63) is 52.7 Å². The zero-order chi connectivity index (χ0) is 22.1. The van der Waals surface area contributed by atoms with E-state index in [4.69, 9.17) is 4.74 Å². The fourth-order valence-corrected chi connectivity index (χ4v) is 3.73. The average molecular weight is 422 g/mol. The smallest absolute Gasteiger partial charge is 0.258 e. The minimum absolute atomic E-state index is 0.120. The summed E-state index contributed by atoms with van der Waals surface area (Å²) in [4.78, 5) is 29.1. The standard InChI is InChI=1S/C23H26N4O4/c1-4-20(28)22-17-10-18(21(29)11-19(17)24-25-22)23(30)27-12-14-5-6-16(9-15(14)13-27)31-8-7-26(2)3/h5-6,9-11,29H,4,7-8,12-13H2,1-3H3,(H,24,25). The first-order valence-corrected chi connectivity index (χ1v) is 10.3. The SMILES string of the molecule is CCC(=O)c1n[nH]c2cc(O)c(C(=O)N3Cc4ccc(OCCN(C)C)cc4C3)cc12. The van der Waals surface area contributed by atoms with Gasteiger partial charge >= 0.3 is 0 Å². The second-order valence-electron chi connectivity index (χ2n) is 8.01. The fourth-order valence-electron chi connectivity index (χ4n) is 3.73. The lowest BCUT2D eigenvalue weighted by Crippen LogP contribution is -2.25. The van der Waals surface area contributed by atoms with E-state index in [1.54, 1.807) is 17.9 Å². The number of phenols is 1. The number of carbonyl (C=O) groups is 2. The summed E-state index contributed by atoms with van der Waals surface area (Å²) < 4.78 is 5.80. The monoisotopic (exact) mass is 422 g/mol. The number of hydrogen-bond donors (Lipinski definition) is 2. The first kappa shape index (κ1) is 20.9. The molecule has 0 bridgehead atoms. The molecule has 1 aliphatic rings. The summed E-state index contributed by atoms with van der Waals surface area (Å²) in [5.41, 5.74) is 3.06. The van der Waals surface area contributed by atoms with Gasteiger partial charge in [-0.05, 0) is 43.4 Å². The number of amides is 1. The molecule has 0 saturated carbocycles. The Bertz CT molecular complexity index is 1150. The Morgan fingerprint density at radius 1 is 1.19 bits per heavy atom. The van der Waals surface area contributed by atoms with Crippen molar-refractivity contribution in [3.63, 3.8) is 0 Å². The third-order valence-corrected chi connectivity index (χ3v) is 5.49. The number of aromatic hydroxyl groups is 1. The Morgan fingerprint density at radius 3 is 2.71 bits per heavy atom. The van der Waals surface area contributed by atoms with E-state index in [0.29, 0.717) is 37.0 Å². The number of aromatic amines is 1. The van der Waals surface area contributed by atoms with Crippen molar-refractivity contribution in [2.24, 2.45) is 0 Å². The van der Waals surface area contributed by atoms with Crippen molar-refractivity contribution in [1.29, 1.82) is 0 Å². The van der Waals surface area contributed by atoms with Gasteiger partial charge in [0, 0.05) is 37.5 Å². The van der Waals surface area contributed by atoms with Crippen LogP contribution in [0.4, 0.5) is 0 Å². The number of nitrogens with one attached hydrogen (secondary N) is 1. The number of phenolic OH excluding ortho intramolecular Hbond substituents is 1. The van der Waals surface area contributed by atoms with Crippen molar-refractivity contribution in [2.45, 2.75) is 26.4 Å². The lowest BCUT2D eigenvalue weighted by molar-refractivity contribution is 0.0748. The van der Waals surface area contributed by atoms with Gasteiger partial charge in [-0.1, -0.05) is 13.0 Å². The molecule has 2 aromatic carbocycles. The number of fused-ring (bicyclic) bond motifs is 2. The highest BCUT2D eigenvalue weighted by molar-refractivity contribution is 6.09. The highest BCUT2D eigenvalue weighted by Crippen LogP contribution is 2.32. The van der Waals surface area contributed by atoms with Crippen molar-refractivity contribution in [2.75, 3.05) is 27.2 Å². The number of rotatable bonds is 7. The summed E-state index contributed by atoms with van der Waals surface area (Å²) in [6.07, 6.45) is 0.310. The van der Waals surface area contributed by atoms with Gasteiger partial charge in [-0.3, -0.25) is 14.7 Å². The molecule has 3 aromatic rings. The molecule has 4 rings (SSSR count). The second-order valence-corrected chi connectivity index (χ2v) is 8.01. The molecule has 0 atom stereocenters. The Morgan fingerprint density at radius 2 is 1.97 bits per heavy atom. The van der Waals surface area contributed by atoms with Gasteiger partial charge in [0.25, 0.3) is 5.91 Å². The molecule has 8 heteroatoms. The summed E-state index contributed by atoms with van der Waals surface area (Å²) in [7, 11) is 3.99. The van der Waals surface area contributed by atoms with E-state index < -0.39 is 0 Å². The van der Waals surface area contributed by atoms with Crippen molar-refractivity contribution in [1.82, 2.24) is 20.0 Å². The van der Waals surface area contributed by atoms with Gasteiger partial charge in [0.15, 0.2) is 5.78 Å². The van der Waals surface area contributed by atoms with Crippen LogP contribution in [0.1, 0.15) is 45.3 Å².